The lowest BCUT2D eigenvalue weighted by molar-refractivity contribution is -0.150. The van der Waals surface area contributed by atoms with Crippen LogP contribution in [0.1, 0.15) is 121 Å². The molecule has 2 saturated carbocycles. The highest BCUT2D eigenvalue weighted by molar-refractivity contribution is 6.01. The third kappa shape index (κ3) is 6.85. The van der Waals surface area contributed by atoms with E-state index in [2.05, 4.69) is 29.8 Å². The van der Waals surface area contributed by atoms with Crippen LogP contribution in [0.3, 0.4) is 0 Å². The normalized spacial score (nSPS) is 31.3. The van der Waals surface area contributed by atoms with Gasteiger partial charge >= 0.3 is 5.97 Å². The van der Waals surface area contributed by atoms with Crippen molar-refractivity contribution in [3.05, 3.63) is 58.7 Å². The molecule has 11 heteroatoms. The van der Waals surface area contributed by atoms with Crippen molar-refractivity contribution in [2.75, 3.05) is 5.32 Å². The van der Waals surface area contributed by atoms with Crippen molar-refractivity contribution in [2.24, 2.45) is 28.4 Å². The van der Waals surface area contributed by atoms with Crippen LogP contribution in [0.5, 0.6) is 5.75 Å². The van der Waals surface area contributed by atoms with E-state index in [-0.39, 0.29) is 53.1 Å². The molecule has 4 amide bonds. The first-order chi connectivity index (χ1) is 24.9. The summed E-state index contributed by atoms with van der Waals surface area (Å²) in [5.41, 5.74) is 8.86. The second-order valence-electron chi connectivity index (χ2n) is 17.3. The number of amides is 4. The number of anilines is 1. The van der Waals surface area contributed by atoms with Crippen molar-refractivity contribution in [1.82, 2.24) is 10.6 Å². The van der Waals surface area contributed by atoms with Crippen molar-refractivity contribution in [1.29, 1.82) is 0 Å². The van der Waals surface area contributed by atoms with Crippen LogP contribution in [0.2, 0.25) is 0 Å². The maximum absolute atomic E-state index is 14.5. The van der Waals surface area contributed by atoms with Crippen LogP contribution in [0.15, 0.2) is 36.4 Å². The molecule has 2 aromatic carbocycles. The summed E-state index contributed by atoms with van der Waals surface area (Å²) in [6.07, 6.45) is 7.83. The summed E-state index contributed by atoms with van der Waals surface area (Å²) in [6.45, 7) is 10.0. The molecule has 0 saturated heterocycles. The van der Waals surface area contributed by atoms with Crippen LogP contribution in [-0.4, -0.2) is 51.9 Å². The number of carbonyl (C=O) groups excluding carboxylic acids is 4. The Bertz CT molecular complexity index is 1830. The number of phenols is 1. The van der Waals surface area contributed by atoms with Gasteiger partial charge in [-0.05, 0) is 134 Å². The summed E-state index contributed by atoms with van der Waals surface area (Å²) in [5, 5.41) is 27.7. The first kappa shape index (κ1) is 38.5. The zero-order valence-electron chi connectivity index (χ0n) is 31.8. The van der Waals surface area contributed by atoms with Gasteiger partial charge in [-0.15, -0.1) is 0 Å². The highest BCUT2D eigenvalue weighted by Gasteiger charge is 2.58. The van der Waals surface area contributed by atoms with Gasteiger partial charge in [-0.3, -0.25) is 29.3 Å². The molecule has 0 aliphatic heterocycles. The van der Waals surface area contributed by atoms with E-state index in [0.717, 1.165) is 62.5 Å². The Labute approximate surface area is 312 Å². The van der Waals surface area contributed by atoms with Gasteiger partial charge in [0.25, 0.3) is 0 Å². The number of benzene rings is 2. The van der Waals surface area contributed by atoms with Crippen LogP contribution in [-0.2, 0) is 47.6 Å². The number of aromatic hydroxyl groups is 1. The summed E-state index contributed by atoms with van der Waals surface area (Å²) in [6, 6.07) is 9.54. The Kier molecular flexibility index (Phi) is 10.3. The minimum Gasteiger partial charge on any atom is -0.508 e. The molecule has 286 valence electrons. The monoisotopic (exact) mass is 728 g/mol. The van der Waals surface area contributed by atoms with Crippen molar-refractivity contribution < 1.29 is 34.2 Å². The van der Waals surface area contributed by atoms with E-state index in [1.165, 1.54) is 11.1 Å². The van der Waals surface area contributed by atoms with E-state index in [4.69, 9.17) is 10.8 Å². The van der Waals surface area contributed by atoms with Gasteiger partial charge in [-0.1, -0.05) is 52.7 Å². The van der Waals surface area contributed by atoms with Crippen LogP contribution in [0.4, 0.5) is 5.69 Å². The molecule has 6 rings (SSSR count). The lowest BCUT2D eigenvalue weighted by atomic mass is 9.49. The summed E-state index contributed by atoms with van der Waals surface area (Å²) in [7, 11) is 0. The van der Waals surface area contributed by atoms with Gasteiger partial charge in [0.1, 0.15) is 11.8 Å². The molecule has 2 unspecified atom stereocenters. The minimum absolute atomic E-state index is 0.0329. The van der Waals surface area contributed by atoms with Crippen LogP contribution in [0, 0.1) is 22.7 Å². The number of aliphatic carboxylic acids is 1. The Morgan fingerprint density at radius 1 is 0.792 bits per heavy atom. The lowest BCUT2D eigenvalue weighted by Crippen LogP contribution is -2.60. The molecule has 4 aliphatic carbocycles. The highest BCUT2D eigenvalue weighted by Crippen LogP contribution is 2.59. The van der Waals surface area contributed by atoms with E-state index in [0.29, 0.717) is 18.5 Å². The van der Waals surface area contributed by atoms with Crippen molar-refractivity contribution in [3.63, 3.8) is 0 Å². The van der Waals surface area contributed by atoms with E-state index in [1.54, 1.807) is 13.0 Å². The van der Waals surface area contributed by atoms with Gasteiger partial charge in [0.2, 0.25) is 23.6 Å². The highest BCUT2D eigenvalue weighted by atomic mass is 16.4. The molecule has 7 N–H and O–H groups in total. The van der Waals surface area contributed by atoms with Crippen molar-refractivity contribution in [3.8, 4) is 5.75 Å². The fourth-order valence-corrected chi connectivity index (χ4v) is 11.0. The van der Waals surface area contributed by atoms with Gasteiger partial charge in [0, 0.05) is 12.1 Å². The first-order valence-electron chi connectivity index (χ1n) is 19.3. The molecule has 8 atom stereocenters. The van der Waals surface area contributed by atoms with Crippen molar-refractivity contribution in [2.45, 2.75) is 135 Å². The summed E-state index contributed by atoms with van der Waals surface area (Å²) >= 11 is 0. The molecule has 0 radical (unpaired) electrons. The first-order valence-corrected chi connectivity index (χ1v) is 19.3. The van der Waals surface area contributed by atoms with E-state index >= 15 is 0 Å². The largest absolute Gasteiger partial charge is 0.508 e. The standard InChI is InChI=1S/C42H56N4O7/c1-24(44-36(51)31(43)14-17-34(48)49)35(50)45-27-12-8-25-10-15-32-39(2,29(25)22-27)18-6-20-41(32,4)37(52)46-38(53)42(5)21-7-19-40(3)30-23-28(47)13-9-26(30)11-16-33(40)42/h8-9,12-13,22-24,31-33,47H,6-7,10-11,14-21,43H2,1-5H3,(H,44,51)(H,45,50)(H,48,49)(H,46,52,53)/t24?,31?,32-,33-,39-,40-,41+,42+/m1/s1. The number of nitrogens with one attached hydrogen (secondary N) is 3. The number of carboxylic acids is 1. The Hall–Kier alpha value is -4.25. The number of carboxylic acid groups (broad SMARTS) is 1. The fourth-order valence-electron chi connectivity index (χ4n) is 11.0. The molecule has 0 spiro atoms. The van der Waals surface area contributed by atoms with Gasteiger partial charge < -0.3 is 26.6 Å². The number of hydrogen-bond acceptors (Lipinski definition) is 7. The summed E-state index contributed by atoms with van der Waals surface area (Å²) < 4.78 is 0. The molecule has 0 heterocycles. The molecule has 4 aliphatic rings. The van der Waals surface area contributed by atoms with Gasteiger partial charge in [-0.2, -0.15) is 0 Å². The SMILES string of the molecule is CC(NC(=O)C(N)CCC(=O)O)C(=O)Nc1ccc2c(c1)[C@@]1(C)CCC[C@](C)(C(=O)NC(=O)[C@@]3(C)CCC[C@]4(C)c5cc(O)ccc5CC[C@@H]34)[C@@H]1CC2. The molecule has 11 nitrogen and oxygen atoms in total. The van der Waals surface area contributed by atoms with E-state index in [1.807, 2.05) is 44.2 Å². The molecule has 0 aromatic heterocycles. The van der Waals surface area contributed by atoms with Crippen LogP contribution >= 0.6 is 0 Å². The summed E-state index contributed by atoms with van der Waals surface area (Å²) in [5.74, 6) is -2.23. The fraction of sp³-hybridized carbons (Fsp3) is 0.595. The molecular weight excluding hydrogens is 672 g/mol. The topological polar surface area (TPSA) is 188 Å². The van der Waals surface area contributed by atoms with Gasteiger partial charge in [0.05, 0.1) is 16.9 Å². The number of nitrogens with two attached hydrogens (primary N) is 1. The Morgan fingerprint density at radius 2 is 1.32 bits per heavy atom. The summed E-state index contributed by atoms with van der Waals surface area (Å²) in [4.78, 5) is 65.4. The maximum atomic E-state index is 14.5. The van der Waals surface area contributed by atoms with E-state index < -0.39 is 40.7 Å². The Balaban J connectivity index is 1.17. The smallest absolute Gasteiger partial charge is 0.303 e. The predicted octanol–water partition coefficient (Wildman–Crippen LogP) is 5.39. The number of phenolic OH excluding ortho intramolecular Hbond substituents is 1. The number of imide groups is 1. The van der Waals surface area contributed by atoms with Crippen molar-refractivity contribution >= 4 is 35.3 Å². The van der Waals surface area contributed by atoms with Crippen LogP contribution < -0.4 is 21.7 Å². The van der Waals surface area contributed by atoms with Gasteiger partial charge in [0.15, 0.2) is 0 Å². The number of aryl methyl sites for hydroxylation is 2. The predicted molar refractivity (Wildman–Crippen MR) is 201 cm³/mol. The maximum Gasteiger partial charge on any atom is 0.303 e. The molecule has 2 fully saturated rings. The molecule has 2 aromatic rings. The third-order valence-electron chi connectivity index (χ3n) is 14.0. The van der Waals surface area contributed by atoms with Crippen LogP contribution in [0.25, 0.3) is 0 Å². The number of fused-ring (bicyclic) bond motifs is 6. The number of rotatable bonds is 9. The molecular formula is C42H56N4O7. The van der Waals surface area contributed by atoms with Gasteiger partial charge in [-0.25, -0.2) is 0 Å². The van der Waals surface area contributed by atoms with E-state index in [9.17, 15) is 29.1 Å². The second-order valence-corrected chi connectivity index (χ2v) is 17.3. The quantitative estimate of drug-likeness (QED) is 0.185. The number of hydrogen-bond donors (Lipinski definition) is 6. The average Bonchev–Trinajstić information content (AvgIpc) is 3.10. The Morgan fingerprint density at radius 3 is 1.87 bits per heavy atom. The molecule has 53 heavy (non-hydrogen) atoms. The zero-order chi connectivity index (χ0) is 38.5. The third-order valence-corrected chi connectivity index (χ3v) is 14.0. The minimum atomic E-state index is -1.05. The average molecular weight is 729 g/mol. The second kappa shape index (κ2) is 14.2. The zero-order valence-corrected chi connectivity index (χ0v) is 31.8. The molecule has 0 bridgehead atoms. The number of carbonyl (C=O) groups is 5. The lowest BCUT2D eigenvalue weighted by Gasteiger charge is -2.56.